The van der Waals surface area contributed by atoms with Crippen LogP contribution in [-0.2, 0) is 4.79 Å². The Morgan fingerprint density at radius 1 is 1.38 bits per heavy atom. The molecule has 0 aromatic heterocycles. The molecule has 2 heteroatoms. The number of fused-ring (bicyclic) bond motifs is 3. The number of rotatable bonds is 0. The Balaban J connectivity index is 1.90. The number of hydrogen-bond donors (Lipinski definition) is 1. The zero-order valence-corrected chi connectivity index (χ0v) is 7.70. The molecule has 0 aromatic carbocycles. The maximum absolute atomic E-state index is 11.7. The standard InChI is InChI=1S/C11H15NO/c13-10-6-2-5-9-11(10)7-3-1-4-8(7)12-9/h1,3,7-9,11-12H,2,4-6H2. The number of carbonyl (C=O) groups is 1. The fourth-order valence-electron chi connectivity index (χ4n) is 3.23. The Bertz CT molecular complexity index is 271. The molecule has 3 aliphatic rings. The second kappa shape index (κ2) is 2.68. The van der Waals surface area contributed by atoms with Crippen molar-refractivity contribution >= 4 is 5.78 Å². The third-order valence-corrected chi connectivity index (χ3v) is 3.80. The monoisotopic (exact) mass is 177 g/mol. The van der Waals surface area contributed by atoms with Gasteiger partial charge in [0.25, 0.3) is 0 Å². The number of hydrogen-bond acceptors (Lipinski definition) is 2. The van der Waals surface area contributed by atoms with Gasteiger partial charge in [0.15, 0.2) is 0 Å². The molecule has 1 N–H and O–H groups in total. The van der Waals surface area contributed by atoms with E-state index in [1.807, 2.05) is 0 Å². The van der Waals surface area contributed by atoms with Crippen molar-refractivity contribution in [3.8, 4) is 0 Å². The molecule has 0 aromatic rings. The third kappa shape index (κ3) is 1.01. The highest BCUT2D eigenvalue weighted by Gasteiger charge is 2.47. The molecule has 0 bridgehead atoms. The van der Waals surface area contributed by atoms with Crippen LogP contribution in [0.4, 0.5) is 0 Å². The van der Waals surface area contributed by atoms with Gasteiger partial charge in [-0.2, -0.15) is 0 Å². The largest absolute Gasteiger partial charge is 0.310 e. The highest BCUT2D eigenvalue weighted by Crippen LogP contribution is 2.40. The van der Waals surface area contributed by atoms with Crippen molar-refractivity contribution in [3.63, 3.8) is 0 Å². The molecule has 0 radical (unpaired) electrons. The van der Waals surface area contributed by atoms with E-state index in [2.05, 4.69) is 17.5 Å². The summed E-state index contributed by atoms with van der Waals surface area (Å²) in [5, 5.41) is 3.60. The molecule has 1 saturated carbocycles. The molecule has 2 fully saturated rings. The van der Waals surface area contributed by atoms with Crippen LogP contribution in [0, 0.1) is 11.8 Å². The lowest BCUT2D eigenvalue weighted by atomic mass is 9.78. The zero-order valence-electron chi connectivity index (χ0n) is 7.70. The Kier molecular flexibility index (Phi) is 1.59. The van der Waals surface area contributed by atoms with E-state index in [0.717, 1.165) is 19.3 Å². The van der Waals surface area contributed by atoms with Crippen LogP contribution >= 0.6 is 0 Å². The van der Waals surface area contributed by atoms with Crippen molar-refractivity contribution in [3.05, 3.63) is 12.2 Å². The van der Waals surface area contributed by atoms with E-state index in [4.69, 9.17) is 0 Å². The highest BCUT2D eigenvalue weighted by atomic mass is 16.1. The van der Waals surface area contributed by atoms with Crippen molar-refractivity contribution in [2.24, 2.45) is 11.8 Å². The Morgan fingerprint density at radius 2 is 2.31 bits per heavy atom. The molecule has 2 nitrogen and oxygen atoms in total. The molecule has 1 saturated heterocycles. The second-order valence-corrected chi connectivity index (χ2v) is 4.51. The number of nitrogens with one attached hydrogen (secondary N) is 1. The number of Topliss-reactive ketones (excluding diaryl/α,β-unsaturated/α-hetero) is 1. The first-order chi connectivity index (χ1) is 6.36. The first-order valence-electron chi connectivity index (χ1n) is 5.32. The summed E-state index contributed by atoms with van der Waals surface area (Å²) < 4.78 is 0. The molecule has 0 spiro atoms. The SMILES string of the molecule is O=C1CCCC2NC3CC=CC3C12. The Labute approximate surface area is 78.4 Å². The lowest BCUT2D eigenvalue weighted by Crippen LogP contribution is -2.37. The van der Waals surface area contributed by atoms with Crippen LogP contribution in [0.15, 0.2) is 12.2 Å². The molecular formula is C11H15NO. The molecule has 4 atom stereocenters. The van der Waals surface area contributed by atoms with Gasteiger partial charge in [-0.25, -0.2) is 0 Å². The Morgan fingerprint density at radius 3 is 3.23 bits per heavy atom. The lowest BCUT2D eigenvalue weighted by Gasteiger charge is -2.25. The van der Waals surface area contributed by atoms with E-state index >= 15 is 0 Å². The minimum atomic E-state index is 0.317. The summed E-state index contributed by atoms with van der Waals surface area (Å²) in [4.78, 5) is 11.7. The van der Waals surface area contributed by atoms with Crippen LogP contribution in [0.1, 0.15) is 25.7 Å². The van der Waals surface area contributed by atoms with Crippen LogP contribution in [-0.4, -0.2) is 17.9 Å². The molecule has 13 heavy (non-hydrogen) atoms. The summed E-state index contributed by atoms with van der Waals surface area (Å²) >= 11 is 0. The van der Waals surface area contributed by atoms with Crippen molar-refractivity contribution in [2.75, 3.05) is 0 Å². The predicted octanol–water partition coefficient (Wildman–Crippen LogP) is 1.27. The van der Waals surface area contributed by atoms with Crippen LogP contribution in [0.2, 0.25) is 0 Å². The second-order valence-electron chi connectivity index (χ2n) is 4.51. The average molecular weight is 177 g/mol. The van der Waals surface area contributed by atoms with Gasteiger partial charge in [0.1, 0.15) is 5.78 Å². The first kappa shape index (κ1) is 7.74. The third-order valence-electron chi connectivity index (χ3n) is 3.80. The maximum Gasteiger partial charge on any atom is 0.138 e. The van der Waals surface area contributed by atoms with Crippen LogP contribution in [0.5, 0.6) is 0 Å². The van der Waals surface area contributed by atoms with Crippen molar-refractivity contribution < 1.29 is 4.79 Å². The maximum atomic E-state index is 11.7. The number of ketones is 1. The molecule has 2 aliphatic carbocycles. The molecule has 3 rings (SSSR count). The van der Waals surface area contributed by atoms with Gasteiger partial charge >= 0.3 is 0 Å². The topological polar surface area (TPSA) is 29.1 Å². The van der Waals surface area contributed by atoms with Crippen molar-refractivity contribution in [2.45, 2.75) is 37.8 Å². The number of carbonyl (C=O) groups excluding carboxylic acids is 1. The summed E-state index contributed by atoms with van der Waals surface area (Å²) in [6.07, 6.45) is 8.73. The summed E-state index contributed by atoms with van der Waals surface area (Å²) in [7, 11) is 0. The smallest absolute Gasteiger partial charge is 0.138 e. The lowest BCUT2D eigenvalue weighted by molar-refractivity contribution is -0.125. The molecule has 0 amide bonds. The summed E-state index contributed by atoms with van der Waals surface area (Å²) in [5.41, 5.74) is 0. The van der Waals surface area contributed by atoms with E-state index in [0.29, 0.717) is 29.7 Å². The van der Waals surface area contributed by atoms with Gasteiger partial charge in [-0.1, -0.05) is 12.2 Å². The minimum Gasteiger partial charge on any atom is -0.310 e. The molecule has 4 unspecified atom stereocenters. The fourth-order valence-corrected chi connectivity index (χ4v) is 3.23. The normalized spacial score (nSPS) is 47.8. The van der Waals surface area contributed by atoms with Crippen molar-refractivity contribution in [1.82, 2.24) is 5.32 Å². The van der Waals surface area contributed by atoms with E-state index in [9.17, 15) is 4.79 Å². The highest BCUT2D eigenvalue weighted by molar-refractivity contribution is 5.83. The first-order valence-corrected chi connectivity index (χ1v) is 5.32. The fraction of sp³-hybridized carbons (Fsp3) is 0.727. The average Bonchev–Trinajstić information content (AvgIpc) is 2.62. The van der Waals surface area contributed by atoms with Gasteiger partial charge < -0.3 is 5.32 Å². The van der Waals surface area contributed by atoms with E-state index in [1.165, 1.54) is 6.42 Å². The molecular weight excluding hydrogens is 162 g/mol. The van der Waals surface area contributed by atoms with Gasteiger partial charge in [-0.05, 0) is 19.3 Å². The quantitative estimate of drug-likeness (QED) is 0.565. The zero-order chi connectivity index (χ0) is 8.84. The van der Waals surface area contributed by atoms with Crippen LogP contribution in [0.25, 0.3) is 0 Å². The minimum absolute atomic E-state index is 0.317. The van der Waals surface area contributed by atoms with E-state index < -0.39 is 0 Å². The predicted molar refractivity (Wildman–Crippen MR) is 50.3 cm³/mol. The summed E-state index contributed by atoms with van der Waals surface area (Å²) in [6, 6.07) is 1.08. The Hall–Kier alpha value is -0.630. The van der Waals surface area contributed by atoms with Gasteiger partial charge in [0.2, 0.25) is 0 Å². The van der Waals surface area contributed by atoms with E-state index in [-0.39, 0.29) is 0 Å². The van der Waals surface area contributed by atoms with Gasteiger partial charge in [-0.3, -0.25) is 4.79 Å². The molecule has 1 aliphatic heterocycles. The van der Waals surface area contributed by atoms with E-state index in [1.54, 1.807) is 0 Å². The summed E-state index contributed by atoms with van der Waals surface area (Å²) in [6.45, 7) is 0. The van der Waals surface area contributed by atoms with Gasteiger partial charge in [0, 0.05) is 30.3 Å². The van der Waals surface area contributed by atoms with Crippen LogP contribution in [0.3, 0.4) is 0 Å². The van der Waals surface area contributed by atoms with Gasteiger partial charge in [-0.15, -0.1) is 0 Å². The molecule has 1 heterocycles. The molecule has 70 valence electrons. The van der Waals surface area contributed by atoms with Crippen LogP contribution < -0.4 is 5.32 Å². The van der Waals surface area contributed by atoms with Crippen molar-refractivity contribution in [1.29, 1.82) is 0 Å². The van der Waals surface area contributed by atoms with Gasteiger partial charge in [0.05, 0.1) is 0 Å². The summed E-state index contributed by atoms with van der Waals surface area (Å²) in [5.74, 6) is 1.35.